The first-order valence-corrected chi connectivity index (χ1v) is 13.5. The molecular weight excluding hydrogens is 544 g/mol. The summed E-state index contributed by atoms with van der Waals surface area (Å²) in [6.07, 6.45) is 8.52. The summed E-state index contributed by atoms with van der Waals surface area (Å²) in [7, 11) is 0. The van der Waals surface area contributed by atoms with Gasteiger partial charge in [0, 0.05) is 28.3 Å². The summed E-state index contributed by atoms with van der Waals surface area (Å²) in [6.45, 7) is 2.16. The minimum atomic E-state index is -0.960. The predicted molar refractivity (Wildman–Crippen MR) is 154 cm³/mol. The van der Waals surface area contributed by atoms with Crippen LogP contribution in [0, 0.1) is 11.6 Å². The van der Waals surface area contributed by atoms with Crippen molar-refractivity contribution in [2.75, 3.05) is 5.32 Å². The van der Waals surface area contributed by atoms with Gasteiger partial charge in [-0.1, -0.05) is 12.1 Å². The van der Waals surface area contributed by atoms with Crippen LogP contribution in [-0.2, 0) is 6.54 Å². The number of amides is 1. The van der Waals surface area contributed by atoms with Crippen molar-refractivity contribution >= 4 is 34.1 Å². The van der Waals surface area contributed by atoms with Gasteiger partial charge < -0.3 is 10.6 Å². The molecule has 1 atom stereocenters. The largest absolute Gasteiger partial charge is 0.365 e. The van der Waals surface area contributed by atoms with Gasteiger partial charge >= 0.3 is 0 Å². The number of hydrogen-bond donors (Lipinski definition) is 2. The summed E-state index contributed by atoms with van der Waals surface area (Å²) in [5.74, 6) is -1.16. The van der Waals surface area contributed by atoms with Crippen molar-refractivity contribution in [1.82, 2.24) is 29.8 Å². The molecule has 0 fully saturated rings. The molecule has 41 heavy (non-hydrogen) atoms. The second-order valence-corrected chi connectivity index (χ2v) is 10.5. The molecule has 6 aromatic rings. The number of anilines is 1. The maximum Gasteiger partial charge on any atom is 0.255 e. The maximum atomic E-state index is 13.7. The van der Waals surface area contributed by atoms with E-state index in [1.165, 1.54) is 6.07 Å². The normalized spacial score (nSPS) is 11.9. The van der Waals surface area contributed by atoms with Crippen molar-refractivity contribution in [2.24, 2.45) is 0 Å². The van der Waals surface area contributed by atoms with Crippen LogP contribution >= 0.6 is 11.3 Å². The molecule has 4 aromatic heterocycles. The van der Waals surface area contributed by atoms with Gasteiger partial charge in [-0.2, -0.15) is 0 Å². The van der Waals surface area contributed by atoms with E-state index >= 15 is 0 Å². The molecule has 204 valence electrons. The van der Waals surface area contributed by atoms with Gasteiger partial charge in [0.15, 0.2) is 17.5 Å². The van der Waals surface area contributed by atoms with Gasteiger partial charge in [0.2, 0.25) is 0 Å². The van der Waals surface area contributed by atoms with Crippen LogP contribution in [0.4, 0.5) is 14.6 Å². The molecule has 0 spiro atoms. The Morgan fingerprint density at radius 1 is 1.00 bits per heavy atom. The molecule has 8 nitrogen and oxygen atoms in total. The molecular formula is C30H23F2N7OS. The van der Waals surface area contributed by atoms with Crippen molar-refractivity contribution in [1.29, 1.82) is 0 Å². The fourth-order valence-electron chi connectivity index (χ4n) is 4.34. The number of carbonyl (C=O) groups excluding carboxylic acids is 1. The minimum Gasteiger partial charge on any atom is -0.365 e. The van der Waals surface area contributed by atoms with Gasteiger partial charge in [-0.25, -0.2) is 23.7 Å². The second-order valence-electron chi connectivity index (χ2n) is 9.29. The van der Waals surface area contributed by atoms with E-state index < -0.39 is 17.7 Å². The van der Waals surface area contributed by atoms with Crippen molar-refractivity contribution in [2.45, 2.75) is 19.5 Å². The fourth-order valence-corrected chi connectivity index (χ4v) is 5.29. The van der Waals surface area contributed by atoms with Gasteiger partial charge in [-0.05, 0) is 66.6 Å². The van der Waals surface area contributed by atoms with Crippen LogP contribution < -0.4 is 10.6 Å². The van der Waals surface area contributed by atoms with Crippen molar-refractivity contribution in [3.63, 3.8) is 0 Å². The summed E-state index contributed by atoms with van der Waals surface area (Å²) in [5.41, 5.74) is 3.41. The number of hydrogen-bond acceptors (Lipinski definition) is 7. The highest BCUT2D eigenvalue weighted by molar-refractivity contribution is 7.15. The van der Waals surface area contributed by atoms with Crippen molar-refractivity contribution in [3.05, 3.63) is 119 Å². The Morgan fingerprint density at radius 2 is 1.90 bits per heavy atom. The third-order valence-electron chi connectivity index (χ3n) is 6.52. The molecule has 0 aliphatic heterocycles. The number of nitrogens with one attached hydrogen (secondary N) is 2. The number of pyridine rings is 1. The van der Waals surface area contributed by atoms with E-state index in [0.717, 1.165) is 38.5 Å². The Bertz CT molecular complexity index is 1860. The van der Waals surface area contributed by atoms with Crippen LogP contribution in [0.3, 0.4) is 0 Å². The molecule has 2 aromatic carbocycles. The zero-order valence-corrected chi connectivity index (χ0v) is 22.6. The number of rotatable bonds is 8. The number of halogens is 2. The van der Waals surface area contributed by atoms with Gasteiger partial charge in [0.05, 0.1) is 35.4 Å². The first kappa shape index (κ1) is 26.2. The number of nitrogens with zero attached hydrogens (tertiary/aromatic N) is 5. The van der Waals surface area contributed by atoms with Crippen molar-refractivity contribution < 1.29 is 13.6 Å². The Morgan fingerprint density at radius 3 is 2.73 bits per heavy atom. The first-order valence-electron chi connectivity index (χ1n) is 12.7. The average molecular weight is 568 g/mol. The van der Waals surface area contributed by atoms with Gasteiger partial charge in [0.25, 0.3) is 5.91 Å². The van der Waals surface area contributed by atoms with E-state index in [4.69, 9.17) is 4.98 Å². The summed E-state index contributed by atoms with van der Waals surface area (Å²) in [5, 5.41) is 6.08. The van der Waals surface area contributed by atoms with Crippen LogP contribution in [0.15, 0.2) is 91.8 Å². The van der Waals surface area contributed by atoms with Crippen LogP contribution in [0.5, 0.6) is 0 Å². The first-order chi connectivity index (χ1) is 19.9. The number of carbonyl (C=O) groups is 1. The molecule has 4 heterocycles. The standard InChI is InChI=1S/C30H23F2N7OS/c1-18(19-4-7-23(31)24(32)13-19)37-30(40)22-3-2-10-34-29(22)36-15-21-6-9-27(41-21)20-5-8-25-26(14-20)38-28(16-35-25)39-12-11-33-17-39/h2-14,16-18H,15H2,1H3,(H,34,36)(H,37,40). The molecule has 0 saturated heterocycles. The predicted octanol–water partition coefficient (Wildman–Crippen LogP) is 6.32. The molecule has 0 radical (unpaired) electrons. The monoisotopic (exact) mass is 567 g/mol. The number of imidazole rings is 1. The topological polar surface area (TPSA) is 97.6 Å². The van der Waals surface area contributed by atoms with E-state index in [0.29, 0.717) is 29.3 Å². The molecule has 2 N–H and O–H groups in total. The third-order valence-corrected chi connectivity index (χ3v) is 7.65. The summed E-state index contributed by atoms with van der Waals surface area (Å²) < 4.78 is 28.8. The van der Waals surface area contributed by atoms with Gasteiger partial charge in [-0.3, -0.25) is 14.3 Å². The number of thiophene rings is 1. The summed E-state index contributed by atoms with van der Waals surface area (Å²) in [4.78, 5) is 32.8. The summed E-state index contributed by atoms with van der Waals surface area (Å²) >= 11 is 1.62. The maximum absolute atomic E-state index is 13.7. The SMILES string of the molecule is CC(NC(=O)c1cccnc1NCc1ccc(-c2ccc3ncc(-n4ccnc4)nc3c2)s1)c1ccc(F)c(F)c1. The summed E-state index contributed by atoms with van der Waals surface area (Å²) in [6, 6.07) is 16.4. The average Bonchev–Trinajstić information content (AvgIpc) is 3.70. The molecule has 1 unspecified atom stereocenters. The number of benzene rings is 2. The number of fused-ring (bicyclic) bond motifs is 1. The van der Waals surface area contributed by atoms with Crippen LogP contribution in [0.1, 0.15) is 33.8 Å². The lowest BCUT2D eigenvalue weighted by molar-refractivity contribution is 0.0940. The highest BCUT2D eigenvalue weighted by atomic mass is 32.1. The van der Waals surface area contributed by atoms with Gasteiger partial charge in [0.1, 0.15) is 12.1 Å². The lowest BCUT2D eigenvalue weighted by Crippen LogP contribution is -2.27. The third kappa shape index (κ3) is 5.66. The van der Waals surface area contributed by atoms with Crippen LogP contribution in [-0.4, -0.2) is 30.4 Å². The molecule has 6 rings (SSSR count). The molecule has 0 aliphatic rings. The Hall–Kier alpha value is -5.03. The number of aromatic nitrogens is 5. The molecule has 0 bridgehead atoms. The molecule has 0 aliphatic carbocycles. The minimum absolute atomic E-state index is 0.348. The van der Waals surface area contributed by atoms with E-state index in [1.54, 1.807) is 55.3 Å². The zero-order valence-electron chi connectivity index (χ0n) is 21.8. The van der Waals surface area contributed by atoms with E-state index in [-0.39, 0.29) is 5.91 Å². The lowest BCUT2D eigenvalue weighted by atomic mass is 10.1. The smallest absolute Gasteiger partial charge is 0.255 e. The lowest BCUT2D eigenvalue weighted by Gasteiger charge is -2.16. The van der Waals surface area contributed by atoms with Crippen LogP contribution in [0.2, 0.25) is 0 Å². The molecule has 11 heteroatoms. The Labute approximate surface area is 237 Å². The highest BCUT2D eigenvalue weighted by Gasteiger charge is 2.17. The molecule has 1 amide bonds. The second kappa shape index (κ2) is 11.2. The van der Waals surface area contributed by atoms with E-state index in [2.05, 4.69) is 25.6 Å². The highest BCUT2D eigenvalue weighted by Crippen LogP contribution is 2.30. The quantitative estimate of drug-likeness (QED) is 0.223. The van der Waals surface area contributed by atoms with E-state index in [9.17, 15) is 13.6 Å². The van der Waals surface area contributed by atoms with Crippen LogP contribution in [0.25, 0.3) is 27.3 Å². The zero-order chi connectivity index (χ0) is 28.3. The molecule has 0 saturated carbocycles. The Balaban J connectivity index is 1.15. The van der Waals surface area contributed by atoms with Gasteiger partial charge in [-0.15, -0.1) is 11.3 Å². The van der Waals surface area contributed by atoms with Crippen molar-refractivity contribution in [3.8, 4) is 16.3 Å². The fraction of sp³-hybridized carbons (Fsp3) is 0.100. The van der Waals surface area contributed by atoms with E-state index in [1.807, 2.05) is 41.1 Å². The Kier molecular flexibility index (Phi) is 7.17.